The van der Waals surface area contributed by atoms with Gasteiger partial charge in [-0.15, -0.1) is 0 Å². The van der Waals surface area contributed by atoms with E-state index >= 15 is 0 Å². The molecule has 0 aliphatic heterocycles. The molecule has 0 saturated heterocycles. The molecule has 1 aromatic carbocycles. The fourth-order valence-electron chi connectivity index (χ4n) is 1.30. The summed E-state index contributed by atoms with van der Waals surface area (Å²) in [4.78, 5) is 10.9. The first kappa shape index (κ1) is 11.3. The number of hydrogen-bond donors (Lipinski definition) is 0. The molecule has 0 atom stereocenters. The van der Waals surface area contributed by atoms with E-state index in [2.05, 4.69) is 13.8 Å². The molecule has 1 aromatic rings. The minimum atomic E-state index is -0.378. The number of benzene rings is 1. The van der Waals surface area contributed by atoms with Crippen LogP contribution in [0.5, 0.6) is 0 Å². The fourth-order valence-corrected chi connectivity index (χ4v) is 1.42. The van der Waals surface area contributed by atoms with E-state index in [1.165, 1.54) is 5.56 Å². The predicted molar refractivity (Wildman–Crippen MR) is 59.8 cm³/mol. The molecule has 0 fully saturated rings. The van der Waals surface area contributed by atoms with Gasteiger partial charge in [-0.25, -0.2) is 0 Å². The van der Waals surface area contributed by atoms with Gasteiger partial charge in [0, 0.05) is 5.56 Å². The molecule has 2 heteroatoms. The summed E-state index contributed by atoms with van der Waals surface area (Å²) in [7, 11) is 0. The molecule has 0 unspecified atom stereocenters. The molecule has 76 valence electrons. The van der Waals surface area contributed by atoms with Crippen molar-refractivity contribution < 1.29 is 4.79 Å². The first-order valence-electron chi connectivity index (χ1n) is 4.88. The average Bonchev–Trinajstić information content (AvgIpc) is 2.15. The lowest BCUT2D eigenvalue weighted by Crippen LogP contribution is -1.95. The zero-order valence-corrected chi connectivity index (χ0v) is 9.34. The van der Waals surface area contributed by atoms with Gasteiger partial charge in [0.25, 0.3) is 5.24 Å². The topological polar surface area (TPSA) is 17.1 Å². The van der Waals surface area contributed by atoms with Crippen LogP contribution in [0.3, 0.4) is 0 Å². The SMILES string of the molecule is CC(C)CCc1cccc(C(=O)Cl)c1. The van der Waals surface area contributed by atoms with Crippen molar-refractivity contribution >= 4 is 16.8 Å². The molecule has 0 bridgehead atoms. The second-order valence-electron chi connectivity index (χ2n) is 3.91. The van der Waals surface area contributed by atoms with E-state index in [4.69, 9.17) is 11.6 Å². The lowest BCUT2D eigenvalue weighted by atomic mass is 10.0. The standard InChI is InChI=1S/C12H15ClO/c1-9(2)6-7-10-4-3-5-11(8-10)12(13)14/h3-5,8-9H,6-7H2,1-2H3. The quantitative estimate of drug-likeness (QED) is 0.694. The highest BCUT2D eigenvalue weighted by Gasteiger charge is 2.02. The summed E-state index contributed by atoms with van der Waals surface area (Å²) in [6.45, 7) is 4.38. The molecular formula is C12H15ClO. The summed E-state index contributed by atoms with van der Waals surface area (Å²) in [5.41, 5.74) is 1.78. The Morgan fingerprint density at radius 2 is 2.14 bits per heavy atom. The normalized spacial score (nSPS) is 10.6. The van der Waals surface area contributed by atoms with Gasteiger partial charge in [0.2, 0.25) is 0 Å². The number of rotatable bonds is 4. The molecular weight excluding hydrogens is 196 g/mol. The number of hydrogen-bond acceptors (Lipinski definition) is 1. The van der Waals surface area contributed by atoms with E-state index in [9.17, 15) is 4.79 Å². The zero-order chi connectivity index (χ0) is 10.6. The van der Waals surface area contributed by atoms with Gasteiger partial charge in [0.15, 0.2) is 0 Å². The summed E-state index contributed by atoms with van der Waals surface area (Å²) >= 11 is 5.40. The number of aryl methyl sites for hydroxylation is 1. The summed E-state index contributed by atoms with van der Waals surface area (Å²) in [6.07, 6.45) is 2.15. The Morgan fingerprint density at radius 1 is 1.43 bits per heavy atom. The first-order valence-corrected chi connectivity index (χ1v) is 5.26. The summed E-state index contributed by atoms with van der Waals surface area (Å²) in [5, 5.41) is -0.378. The second kappa shape index (κ2) is 5.16. The molecule has 0 aliphatic rings. The van der Waals surface area contributed by atoms with Gasteiger partial charge in [-0.3, -0.25) is 4.79 Å². The molecule has 14 heavy (non-hydrogen) atoms. The van der Waals surface area contributed by atoms with Crippen molar-refractivity contribution in [2.24, 2.45) is 5.92 Å². The van der Waals surface area contributed by atoms with E-state index in [1.54, 1.807) is 6.07 Å². The predicted octanol–water partition coefficient (Wildman–Crippen LogP) is 3.65. The van der Waals surface area contributed by atoms with Gasteiger partial charge >= 0.3 is 0 Å². The van der Waals surface area contributed by atoms with E-state index in [0.717, 1.165) is 12.8 Å². The van der Waals surface area contributed by atoms with Gasteiger partial charge in [-0.05, 0) is 42.0 Å². The highest BCUT2D eigenvalue weighted by molar-refractivity contribution is 6.67. The number of carbonyl (C=O) groups is 1. The van der Waals surface area contributed by atoms with Crippen LogP contribution in [0.25, 0.3) is 0 Å². The van der Waals surface area contributed by atoms with Crippen LogP contribution in [0.15, 0.2) is 24.3 Å². The van der Waals surface area contributed by atoms with E-state index in [1.807, 2.05) is 18.2 Å². The Labute approximate surface area is 90.1 Å². The zero-order valence-electron chi connectivity index (χ0n) is 8.59. The third-order valence-electron chi connectivity index (χ3n) is 2.16. The Bertz CT molecular complexity index is 318. The van der Waals surface area contributed by atoms with Crippen molar-refractivity contribution in [3.05, 3.63) is 35.4 Å². The Hall–Kier alpha value is -0.820. The summed E-state index contributed by atoms with van der Waals surface area (Å²) in [5.74, 6) is 0.686. The van der Waals surface area contributed by atoms with Crippen molar-refractivity contribution in [1.82, 2.24) is 0 Å². The van der Waals surface area contributed by atoms with Gasteiger partial charge < -0.3 is 0 Å². The van der Waals surface area contributed by atoms with Gasteiger partial charge in [0.05, 0.1) is 0 Å². The van der Waals surface area contributed by atoms with Crippen LogP contribution in [0.2, 0.25) is 0 Å². The Balaban J connectivity index is 2.69. The smallest absolute Gasteiger partial charge is 0.252 e. The average molecular weight is 211 g/mol. The minimum absolute atomic E-state index is 0.378. The molecule has 0 heterocycles. The fraction of sp³-hybridized carbons (Fsp3) is 0.417. The highest BCUT2D eigenvalue weighted by Crippen LogP contribution is 2.12. The lowest BCUT2D eigenvalue weighted by Gasteiger charge is -2.05. The second-order valence-corrected chi connectivity index (χ2v) is 4.25. The van der Waals surface area contributed by atoms with E-state index in [-0.39, 0.29) is 5.24 Å². The molecule has 0 N–H and O–H groups in total. The molecule has 0 amide bonds. The maximum Gasteiger partial charge on any atom is 0.252 e. The van der Waals surface area contributed by atoms with Crippen LogP contribution < -0.4 is 0 Å². The third kappa shape index (κ3) is 3.51. The summed E-state index contributed by atoms with van der Waals surface area (Å²) < 4.78 is 0. The molecule has 1 rings (SSSR count). The number of carbonyl (C=O) groups excluding carboxylic acids is 1. The van der Waals surface area contributed by atoms with Crippen molar-refractivity contribution in [1.29, 1.82) is 0 Å². The van der Waals surface area contributed by atoms with Crippen molar-refractivity contribution in [3.8, 4) is 0 Å². The minimum Gasteiger partial charge on any atom is -0.276 e. The number of halogens is 1. The molecule has 0 aromatic heterocycles. The first-order chi connectivity index (χ1) is 6.59. The maximum atomic E-state index is 10.9. The van der Waals surface area contributed by atoms with Crippen molar-refractivity contribution in [2.45, 2.75) is 26.7 Å². The van der Waals surface area contributed by atoms with Gasteiger partial charge in [0.1, 0.15) is 0 Å². The van der Waals surface area contributed by atoms with Gasteiger partial charge in [-0.1, -0.05) is 32.0 Å². The molecule has 0 aliphatic carbocycles. The van der Waals surface area contributed by atoms with Crippen LogP contribution in [-0.4, -0.2) is 5.24 Å². The Morgan fingerprint density at radius 3 is 2.71 bits per heavy atom. The Kier molecular flexibility index (Phi) is 4.15. The summed E-state index contributed by atoms with van der Waals surface area (Å²) in [6, 6.07) is 7.53. The highest BCUT2D eigenvalue weighted by atomic mass is 35.5. The van der Waals surface area contributed by atoms with Crippen LogP contribution in [0.1, 0.15) is 36.2 Å². The molecule has 1 nitrogen and oxygen atoms in total. The van der Waals surface area contributed by atoms with Gasteiger partial charge in [-0.2, -0.15) is 0 Å². The van der Waals surface area contributed by atoms with Crippen LogP contribution >= 0.6 is 11.6 Å². The van der Waals surface area contributed by atoms with Crippen LogP contribution in [0.4, 0.5) is 0 Å². The molecule has 0 spiro atoms. The third-order valence-corrected chi connectivity index (χ3v) is 2.38. The monoisotopic (exact) mass is 210 g/mol. The van der Waals surface area contributed by atoms with Crippen LogP contribution in [0, 0.1) is 5.92 Å². The van der Waals surface area contributed by atoms with Crippen LogP contribution in [-0.2, 0) is 6.42 Å². The maximum absolute atomic E-state index is 10.9. The lowest BCUT2D eigenvalue weighted by molar-refractivity contribution is 0.108. The van der Waals surface area contributed by atoms with E-state index in [0.29, 0.717) is 11.5 Å². The van der Waals surface area contributed by atoms with E-state index < -0.39 is 0 Å². The molecule has 0 radical (unpaired) electrons. The largest absolute Gasteiger partial charge is 0.276 e. The molecule has 0 saturated carbocycles. The van der Waals surface area contributed by atoms with Crippen molar-refractivity contribution in [3.63, 3.8) is 0 Å². The van der Waals surface area contributed by atoms with Crippen molar-refractivity contribution in [2.75, 3.05) is 0 Å².